The molecule has 0 saturated carbocycles. The molecular formula is C18H15N3O7. The number of benzene rings is 2. The van der Waals surface area contributed by atoms with Gasteiger partial charge in [-0.3, -0.25) is 10.1 Å². The lowest BCUT2D eigenvalue weighted by atomic mass is 10.2. The van der Waals surface area contributed by atoms with Crippen LogP contribution in [-0.4, -0.2) is 35.3 Å². The van der Waals surface area contributed by atoms with E-state index in [-0.39, 0.29) is 29.6 Å². The lowest BCUT2D eigenvalue weighted by molar-refractivity contribution is -0.384. The first-order valence-electron chi connectivity index (χ1n) is 7.98. The van der Waals surface area contributed by atoms with Gasteiger partial charge in [-0.05, 0) is 24.3 Å². The number of hydrogen-bond donors (Lipinski definition) is 0. The molecule has 1 heterocycles. The second-order valence-corrected chi connectivity index (χ2v) is 5.42. The Hall–Kier alpha value is -3.95. The van der Waals surface area contributed by atoms with Crippen LogP contribution in [-0.2, 0) is 11.3 Å². The summed E-state index contributed by atoms with van der Waals surface area (Å²) >= 11 is 0. The van der Waals surface area contributed by atoms with E-state index in [4.69, 9.17) is 18.6 Å². The van der Waals surface area contributed by atoms with Crippen molar-refractivity contribution in [1.82, 2.24) is 10.2 Å². The van der Waals surface area contributed by atoms with Crippen molar-refractivity contribution in [3.63, 3.8) is 0 Å². The lowest BCUT2D eigenvalue weighted by Gasteiger charge is -2.11. The monoisotopic (exact) mass is 385 g/mol. The van der Waals surface area contributed by atoms with Gasteiger partial charge < -0.3 is 18.6 Å². The summed E-state index contributed by atoms with van der Waals surface area (Å²) in [6.07, 6.45) is 0. The van der Waals surface area contributed by atoms with E-state index in [0.717, 1.165) is 0 Å². The molecule has 0 atom stereocenters. The van der Waals surface area contributed by atoms with E-state index in [0.29, 0.717) is 17.1 Å². The average Bonchev–Trinajstić information content (AvgIpc) is 3.20. The van der Waals surface area contributed by atoms with Crippen LogP contribution in [0.15, 0.2) is 46.9 Å². The largest absolute Gasteiger partial charge is 0.496 e. The predicted molar refractivity (Wildman–Crippen MR) is 95.1 cm³/mol. The van der Waals surface area contributed by atoms with E-state index in [2.05, 4.69) is 10.2 Å². The van der Waals surface area contributed by atoms with Crippen LogP contribution in [0.1, 0.15) is 16.2 Å². The third-order valence-corrected chi connectivity index (χ3v) is 3.75. The number of aromatic nitrogens is 2. The van der Waals surface area contributed by atoms with Crippen molar-refractivity contribution in [2.24, 2.45) is 0 Å². The number of carbonyl (C=O) groups excluding carboxylic acids is 1. The Morgan fingerprint density at radius 3 is 2.29 bits per heavy atom. The van der Waals surface area contributed by atoms with Crippen LogP contribution in [0.3, 0.4) is 0 Å². The van der Waals surface area contributed by atoms with E-state index in [1.165, 1.54) is 38.5 Å². The van der Waals surface area contributed by atoms with Gasteiger partial charge in [0.2, 0.25) is 5.89 Å². The van der Waals surface area contributed by atoms with Crippen LogP contribution in [0.25, 0.3) is 11.5 Å². The molecule has 0 spiro atoms. The summed E-state index contributed by atoms with van der Waals surface area (Å²) in [6, 6.07) is 10.5. The highest BCUT2D eigenvalue weighted by Crippen LogP contribution is 2.29. The number of methoxy groups -OCH3 is 2. The number of hydrogen-bond acceptors (Lipinski definition) is 9. The average molecular weight is 385 g/mol. The van der Waals surface area contributed by atoms with Crippen LogP contribution < -0.4 is 9.47 Å². The maximum absolute atomic E-state index is 12.4. The Kier molecular flexibility index (Phi) is 5.49. The van der Waals surface area contributed by atoms with Gasteiger partial charge in [-0.2, -0.15) is 0 Å². The highest BCUT2D eigenvalue weighted by molar-refractivity contribution is 5.95. The summed E-state index contributed by atoms with van der Waals surface area (Å²) < 4.78 is 21.0. The molecule has 2 aromatic carbocycles. The molecule has 0 saturated heterocycles. The molecular weight excluding hydrogens is 370 g/mol. The number of rotatable bonds is 7. The minimum absolute atomic E-state index is 0.0526. The van der Waals surface area contributed by atoms with E-state index in [9.17, 15) is 14.9 Å². The highest BCUT2D eigenvalue weighted by Gasteiger charge is 2.21. The molecule has 0 amide bonds. The highest BCUT2D eigenvalue weighted by atomic mass is 16.6. The fourth-order valence-electron chi connectivity index (χ4n) is 2.41. The molecule has 3 rings (SSSR count). The normalized spacial score (nSPS) is 10.4. The molecule has 0 aliphatic carbocycles. The Bertz CT molecular complexity index is 976. The molecule has 0 N–H and O–H groups in total. The van der Waals surface area contributed by atoms with Crippen LogP contribution >= 0.6 is 0 Å². The Labute approximate surface area is 158 Å². The summed E-state index contributed by atoms with van der Waals surface area (Å²) in [5, 5.41) is 18.4. The van der Waals surface area contributed by atoms with Gasteiger partial charge in [0.15, 0.2) is 6.61 Å². The van der Waals surface area contributed by atoms with Crippen molar-refractivity contribution in [2.75, 3.05) is 14.2 Å². The van der Waals surface area contributed by atoms with Gasteiger partial charge in [-0.1, -0.05) is 6.07 Å². The molecule has 0 unspecified atom stereocenters. The van der Waals surface area contributed by atoms with Gasteiger partial charge in [0.25, 0.3) is 11.6 Å². The van der Waals surface area contributed by atoms with Crippen LogP contribution in [0, 0.1) is 10.1 Å². The lowest BCUT2D eigenvalue weighted by Crippen LogP contribution is -2.09. The first-order valence-corrected chi connectivity index (χ1v) is 7.98. The molecule has 0 aliphatic rings. The van der Waals surface area contributed by atoms with Gasteiger partial charge in [-0.15, -0.1) is 10.2 Å². The first-order chi connectivity index (χ1) is 13.5. The van der Waals surface area contributed by atoms with Gasteiger partial charge in [-0.25, -0.2) is 4.79 Å². The number of ether oxygens (including phenoxy) is 3. The number of nitro benzene ring substituents is 1. The molecule has 0 bridgehead atoms. The van der Waals surface area contributed by atoms with E-state index in [1.54, 1.807) is 18.2 Å². The molecule has 3 aromatic rings. The summed E-state index contributed by atoms with van der Waals surface area (Å²) in [6.45, 7) is -0.264. The van der Waals surface area contributed by atoms with Crippen LogP contribution in [0.4, 0.5) is 5.69 Å². The zero-order valence-corrected chi connectivity index (χ0v) is 14.9. The topological polar surface area (TPSA) is 127 Å². The Morgan fingerprint density at radius 1 is 1.07 bits per heavy atom. The van der Waals surface area contributed by atoms with Gasteiger partial charge in [0.1, 0.15) is 17.1 Å². The summed E-state index contributed by atoms with van der Waals surface area (Å²) in [7, 11) is 2.86. The molecule has 1 aromatic heterocycles. The molecule has 10 heteroatoms. The van der Waals surface area contributed by atoms with Crippen molar-refractivity contribution in [3.8, 4) is 23.0 Å². The van der Waals surface area contributed by atoms with E-state index >= 15 is 0 Å². The fraction of sp³-hybridized carbons (Fsp3) is 0.167. The molecule has 0 fully saturated rings. The standard InChI is InChI=1S/C18H15N3O7/c1-25-13-4-3-5-14(26-2)16(13)18(22)27-10-15-19-20-17(28-15)11-6-8-12(9-7-11)21(23)24/h3-9H,10H2,1-2H3. The maximum Gasteiger partial charge on any atom is 0.346 e. The first kappa shape index (κ1) is 18.8. The number of nitrogens with zero attached hydrogens (tertiary/aromatic N) is 3. The molecule has 0 aliphatic heterocycles. The number of carbonyl (C=O) groups is 1. The number of esters is 1. The van der Waals surface area contributed by atoms with Crippen molar-refractivity contribution < 1.29 is 28.3 Å². The second-order valence-electron chi connectivity index (χ2n) is 5.42. The van der Waals surface area contributed by atoms with Gasteiger partial charge in [0.05, 0.1) is 19.1 Å². The van der Waals surface area contributed by atoms with Gasteiger partial charge >= 0.3 is 5.97 Å². The van der Waals surface area contributed by atoms with Crippen molar-refractivity contribution in [1.29, 1.82) is 0 Å². The SMILES string of the molecule is COc1cccc(OC)c1C(=O)OCc1nnc(-c2ccc([N+](=O)[O-])cc2)o1. The minimum atomic E-state index is -0.676. The van der Waals surface area contributed by atoms with E-state index in [1.807, 2.05) is 0 Å². The third kappa shape index (κ3) is 3.90. The number of non-ortho nitro benzene ring substituents is 1. The van der Waals surface area contributed by atoms with Crippen LogP contribution in [0.2, 0.25) is 0 Å². The second kappa shape index (κ2) is 8.16. The van der Waals surface area contributed by atoms with Crippen LogP contribution in [0.5, 0.6) is 11.5 Å². The van der Waals surface area contributed by atoms with Crippen molar-refractivity contribution in [2.45, 2.75) is 6.61 Å². The third-order valence-electron chi connectivity index (χ3n) is 3.75. The van der Waals surface area contributed by atoms with Crippen molar-refractivity contribution >= 4 is 11.7 Å². The fourth-order valence-corrected chi connectivity index (χ4v) is 2.41. The Morgan fingerprint density at radius 2 is 1.71 bits per heavy atom. The molecule has 0 radical (unpaired) electrons. The Balaban J connectivity index is 1.71. The summed E-state index contributed by atoms with van der Waals surface area (Å²) in [5.74, 6) is 0.152. The van der Waals surface area contributed by atoms with Crippen molar-refractivity contribution in [3.05, 3.63) is 64.0 Å². The molecule has 28 heavy (non-hydrogen) atoms. The van der Waals surface area contributed by atoms with E-state index < -0.39 is 10.9 Å². The predicted octanol–water partition coefficient (Wildman–Crippen LogP) is 3.02. The number of nitro groups is 1. The quantitative estimate of drug-likeness (QED) is 0.342. The smallest absolute Gasteiger partial charge is 0.346 e. The summed E-state index contributed by atoms with van der Waals surface area (Å²) in [5.41, 5.74) is 0.591. The van der Waals surface area contributed by atoms with Gasteiger partial charge in [0, 0.05) is 17.7 Å². The minimum Gasteiger partial charge on any atom is -0.496 e. The molecule has 10 nitrogen and oxygen atoms in total. The molecule has 144 valence electrons. The zero-order valence-electron chi connectivity index (χ0n) is 14.9. The summed E-state index contributed by atoms with van der Waals surface area (Å²) in [4.78, 5) is 22.6. The zero-order chi connectivity index (χ0) is 20.1. The maximum atomic E-state index is 12.4.